The minimum absolute atomic E-state index is 0.110. The molecule has 0 radical (unpaired) electrons. The van der Waals surface area contributed by atoms with Gasteiger partial charge in [0.05, 0.1) is 41.5 Å². The zero-order valence-corrected chi connectivity index (χ0v) is 41.1. The third-order valence-corrected chi connectivity index (χ3v) is 14.9. The molecule has 0 aliphatic carbocycles. The van der Waals surface area contributed by atoms with E-state index in [0.29, 0.717) is 25.4 Å². The second kappa shape index (κ2) is 20.9. The molecule has 5 rings (SSSR count). The van der Waals surface area contributed by atoms with Gasteiger partial charge in [0.15, 0.2) is 12.6 Å². The molecule has 0 saturated carbocycles. The summed E-state index contributed by atoms with van der Waals surface area (Å²) in [4.78, 5) is 23.4. The number of hydrogen-bond acceptors (Lipinski definition) is 16. The quantitative estimate of drug-likeness (QED) is 0.214. The van der Waals surface area contributed by atoms with Crippen LogP contribution in [-0.2, 0) is 45.0 Å². The second-order valence-corrected chi connectivity index (χ2v) is 20.5. The van der Waals surface area contributed by atoms with Crippen molar-refractivity contribution in [3.05, 3.63) is 24.0 Å². The smallest absolute Gasteiger partial charge is 0.311 e. The molecule has 0 spiro atoms. The van der Waals surface area contributed by atoms with Crippen molar-refractivity contribution in [2.75, 3.05) is 34.3 Å². The molecule has 4 aliphatic heterocycles. The molecule has 0 bridgehead atoms. The van der Waals surface area contributed by atoms with Gasteiger partial charge in [-0.25, -0.2) is 4.99 Å². The summed E-state index contributed by atoms with van der Waals surface area (Å²) >= 11 is 0. The van der Waals surface area contributed by atoms with Crippen LogP contribution in [0.4, 0.5) is 0 Å². The number of aryl methyl sites for hydroxylation is 1. The summed E-state index contributed by atoms with van der Waals surface area (Å²) in [5.41, 5.74) is -3.61. The summed E-state index contributed by atoms with van der Waals surface area (Å²) in [5.74, 6) is -2.16. The molecule has 64 heavy (non-hydrogen) atoms. The topological polar surface area (TPSA) is 207 Å². The lowest BCUT2D eigenvalue weighted by molar-refractivity contribution is -0.318. The number of aliphatic hydroxyl groups excluding tert-OH is 3. The molecule has 368 valence electrons. The molecule has 20 atom stereocenters. The average Bonchev–Trinajstić information content (AvgIpc) is 3.82. The van der Waals surface area contributed by atoms with Crippen molar-refractivity contribution in [1.82, 2.24) is 14.4 Å². The number of aliphatic imine (C=N–C) groups is 1. The number of methoxy groups -OCH3 is 1. The Morgan fingerprint density at radius 3 is 2.22 bits per heavy atom. The first-order chi connectivity index (χ1) is 29.8. The number of nitrogens with zero attached hydrogens (tertiary/aromatic N) is 4. The number of carbonyl (C=O) groups is 1. The highest BCUT2D eigenvalue weighted by molar-refractivity contribution is 5.94. The number of rotatable bonds is 10. The first-order valence-corrected chi connectivity index (χ1v) is 23.4. The Labute approximate surface area is 381 Å². The number of aliphatic hydroxyl groups is 5. The van der Waals surface area contributed by atoms with Crippen LogP contribution in [0.1, 0.15) is 108 Å². The Morgan fingerprint density at radius 1 is 0.938 bits per heavy atom. The van der Waals surface area contributed by atoms with Gasteiger partial charge in [-0.05, 0) is 107 Å². The highest BCUT2D eigenvalue weighted by atomic mass is 16.7. The highest BCUT2D eigenvalue weighted by Crippen LogP contribution is 2.40. The molecular weight excluding hydrogens is 829 g/mol. The molecule has 0 amide bonds. The van der Waals surface area contributed by atoms with E-state index in [1.807, 2.05) is 76.6 Å². The van der Waals surface area contributed by atoms with Gasteiger partial charge in [0, 0.05) is 57.9 Å². The third kappa shape index (κ3) is 11.4. The fraction of sp³-hybridized carbons (Fsp3) is 0.872. The SMILES string of the molecule is CCC1OC(=O)C(C)C(OC2C[C@@](C)(OC)C(O)C(C)O2)C(C)[C@@H](OC2OC(C)CC(N(C)C[C@@H]3N=C(c4cccn4C)OC3C)[C@H]2O)[C@@](C)(O)C[C@@H](C)CN(C)[C@H](C)[C@@H](O)[C@@]1(C)O. The summed E-state index contributed by atoms with van der Waals surface area (Å²) in [6, 6.07) is 2.72. The largest absolute Gasteiger partial charge is 0.471 e. The lowest BCUT2D eigenvalue weighted by atomic mass is 9.77. The predicted molar refractivity (Wildman–Crippen MR) is 239 cm³/mol. The molecule has 5 heterocycles. The monoisotopic (exact) mass is 911 g/mol. The van der Waals surface area contributed by atoms with E-state index >= 15 is 0 Å². The fourth-order valence-electron chi connectivity index (χ4n) is 10.6. The molecule has 1 aromatic heterocycles. The van der Waals surface area contributed by atoms with E-state index in [4.69, 9.17) is 38.2 Å². The van der Waals surface area contributed by atoms with Crippen molar-refractivity contribution < 1.29 is 63.5 Å². The maximum Gasteiger partial charge on any atom is 0.311 e. The number of cyclic esters (lactones) is 1. The number of esters is 1. The maximum absolute atomic E-state index is 14.4. The number of aromatic nitrogens is 1. The molecule has 17 nitrogen and oxygen atoms in total. The summed E-state index contributed by atoms with van der Waals surface area (Å²) in [7, 11) is 7.24. The van der Waals surface area contributed by atoms with Crippen molar-refractivity contribution in [2.24, 2.45) is 29.8 Å². The van der Waals surface area contributed by atoms with Crippen molar-refractivity contribution in [3.63, 3.8) is 0 Å². The van der Waals surface area contributed by atoms with E-state index < -0.39 is 102 Å². The molecule has 3 saturated heterocycles. The fourth-order valence-corrected chi connectivity index (χ4v) is 10.6. The molecule has 17 heteroatoms. The number of carbonyl (C=O) groups excluding carboxylic acids is 1. The average molecular weight is 911 g/mol. The van der Waals surface area contributed by atoms with Gasteiger partial charge in [0.1, 0.15) is 47.9 Å². The standard InChI is InChI=1S/C47H82N4O13/c1-16-35-47(11,57)39(53)29(6)50(13)23-25(2)21-45(9,56)41(27(4)38(28(5)43(55)62-35)63-36-22-46(10,58-15)40(54)31(8)60-36)64-44-37(52)34(20-26(3)59-44)51(14)24-32-30(7)61-42(48-32)33-18-17-19-49(33)12/h17-19,25-32,34-41,44,52-54,56-57H,16,20-24H2,1-15H3/t25-,26?,27?,28?,29-,30?,31?,32+,34?,35?,36?,37-,38?,39-,40?,41-,44?,45+,46-,47+/m1/s1. The summed E-state index contributed by atoms with van der Waals surface area (Å²) in [6.07, 6.45) is -7.17. The van der Waals surface area contributed by atoms with Crippen molar-refractivity contribution in [2.45, 2.75) is 204 Å². The minimum atomic E-state index is -1.83. The van der Waals surface area contributed by atoms with Crippen molar-refractivity contribution in [3.8, 4) is 0 Å². The lowest BCUT2D eigenvalue weighted by Crippen LogP contribution is -2.61. The molecule has 11 unspecified atom stereocenters. The van der Waals surface area contributed by atoms with Gasteiger partial charge in [0.25, 0.3) is 0 Å². The van der Waals surface area contributed by atoms with Gasteiger partial charge in [-0.1, -0.05) is 20.8 Å². The Bertz CT molecular complexity index is 1710. The Hall–Kier alpha value is -2.26. The van der Waals surface area contributed by atoms with E-state index in [-0.39, 0.29) is 43.4 Å². The summed E-state index contributed by atoms with van der Waals surface area (Å²) in [6.45, 7) is 20.5. The van der Waals surface area contributed by atoms with Crippen LogP contribution in [0, 0.1) is 17.8 Å². The number of likely N-dealkylation sites (N-methyl/N-ethyl adjacent to an activating group) is 2. The van der Waals surface area contributed by atoms with E-state index in [0.717, 1.165) is 5.69 Å². The van der Waals surface area contributed by atoms with E-state index in [1.54, 1.807) is 41.5 Å². The Kier molecular flexibility index (Phi) is 17.2. The van der Waals surface area contributed by atoms with E-state index in [1.165, 1.54) is 14.0 Å². The second-order valence-electron chi connectivity index (χ2n) is 20.5. The van der Waals surface area contributed by atoms with Crippen molar-refractivity contribution >= 4 is 11.9 Å². The van der Waals surface area contributed by atoms with Crippen LogP contribution in [0.5, 0.6) is 0 Å². The minimum Gasteiger partial charge on any atom is -0.471 e. The zero-order chi connectivity index (χ0) is 47.8. The van der Waals surface area contributed by atoms with E-state index in [2.05, 4.69) is 4.90 Å². The number of ether oxygens (including phenoxy) is 7. The van der Waals surface area contributed by atoms with Gasteiger partial charge < -0.3 is 68.2 Å². The van der Waals surface area contributed by atoms with Crippen LogP contribution in [0.2, 0.25) is 0 Å². The Morgan fingerprint density at radius 2 is 1.61 bits per heavy atom. The molecule has 3 fully saturated rings. The van der Waals surface area contributed by atoms with Crippen LogP contribution in [-0.4, -0.2) is 189 Å². The third-order valence-electron chi connectivity index (χ3n) is 14.9. The molecule has 4 aliphatic rings. The van der Waals surface area contributed by atoms with Gasteiger partial charge in [-0.15, -0.1) is 0 Å². The molecule has 5 N–H and O–H groups in total. The van der Waals surface area contributed by atoms with Crippen LogP contribution in [0.15, 0.2) is 23.3 Å². The summed E-state index contributed by atoms with van der Waals surface area (Å²) in [5, 5.41) is 59.6. The van der Waals surface area contributed by atoms with Crippen LogP contribution >= 0.6 is 0 Å². The number of hydrogen-bond donors (Lipinski definition) is 5. The van der Waals surface area contributed by atoms with E-state index in [9.17, 15) is 30.3 Å². The van der Waals surface area contributed by atoms with Gasteiger partial charge in [-0.2, -0.15) is 0 Å². The lowest BCUT2D eigenvalue weighted by Gasteiger charge is -2.49. The van der Waals surface area contributed by atoms with Crippen LogP contribution in [0.25, 0.3) is 0 Å². The normalized spacial score (nSPS) is 45.9. The molecular formula is C47H82N4O13. The predicted octanol–water partition coefficient (Wildman–Crippen LogP) is 2.84. The maximum atomic E-state index is 14.4. The van der Waals surface area contributed by atoms with Gasteiger partial charge in [-0.3, -0.25) is 9.69 Å². The molecule has 0 aromatic carbocycles. The first-order valence-electron chi connectivity index (χ1n) is 23.4. The van der Waals surface area contributed by atoms with Crippen LogP contribution in [0.3, 0.4) is 0 Å². The van der Waals surface area contributed by atoms with Gasteiger partial charge in [0.2, 0.25) is 5.90 Å². The highest BCUT2D eigenvalue weighted by Gasteiger charge is 2.53. The Balaban J connectivity index is 1.52. The zero-order valence-electron chi connectivity index (χ0n) is 41.1. The summed E-state index contributed by atoms with van der Waals surface area (Å²) < 4.78 is 46.4. The van der Waals surface area contributed by atoms with Crippen molar-refractivity contribution in [1.29, 1.82) is 0 Å². The van der Waals surface area contributed by atoms with Crippen LogP contribution < -0.4 is 0 Å². The van der Waals surface area contributed by atoms with Gasteiger partial charge >= 0.3 is 5.97 Å². The molecule has 1 aromatic rings. The first kappa shape index (κ1) is 52.7.